The Morgan fingerprint density at radius 3 is 2.89 bits per heavy atom. The number of halogens is 3. The van der Waals surface area contributed by atoms with E-state index >= 15 is 0 Å². The second-order valence-corrected chi connectivity index (χ2v) is 7.12. The van der Waals surface area contributed by atoms with E-state index in [4.69, 9.17) is 11.6 Å². The fourth-order valence-electron chi connectivity index (χ4n) is 2.13. The van der Waals surface area contributed by atoms with Gasteiger partial charge in [-0.1, -0.05) is 34.5 Å². The van der Waals surface area contributed by atoms with Crippen LogP contribution in [0.25, 0.3) is 0 Å². The lowest BCUT2D eigenvalue weighted by atomic mass is 9.99. The summed E-state index contributed by atoms with van der Waals surface area (Å²) >= 11 is 13.0. The highest BCUT2D eigenvalue weighted by Gasteiger charge is 2.28. The molecule has 0 aromatic heterocycles. The van der Waals surface area contributed by atoms with Crippen LogP contribution in [0.3, 0.4) is 0 Å². The Bertz CT molecular complexity index is 466. The Morgan fingerprint density at radius 1 is 1.50 bits per heavy atom. The standard InChI is InChI=1S/C13H14Br2ClNO/c1-8-7-17(5-4-11(8)14)13(18)10-6-9(16)2-3-12(10)15/h2-3,6,8,11H,4-5,7H2,1H3. The van der Waals surface area contributed by atoms with Gasteiger partial charge in [0.2, 0.25) is 0 Å². The first-order chi connectivity index (χ1) is 8.49. The molecule has 2 atom stereocenters. The van der Waals surface area contributed by atoms with Crippen LogP contribution in [0.5, 0.6) is 0 Å². The predicted molar refractivity (Wildman–Crippen MR) is 81.6 cm³/mol. The summed E-state index contributed by atoms with van der Waals surface area (Å²) < 4.78 is 0.797. The van der Waals surface area contributed by atoms with Crippen LogP contribution >= 0.6 is 43.5 Å². The van der Waals surface area contributed by atoms with E-state index in [0.29, 0.717) is 21.3 Å². The number of nitrogens with zero attached hydrogens (tertiary/aromatic N) is 1. The highest BCUT2D eigenvalue weighted by molar-refractivity contribution is 9.10. The first-order valence-corrected chi connectivity index (χ1v) is 7.96. The second-order valence-electron chi connectivity index (χ2n) is 4.66. The monoisotopic (exact) mass is 393 g/mol. The molecule has 0 aliphatic carbocycles. The van der Waals surface area contributed by atoms with Crippen molar-refractivity contribution < 1.29 is 4.79 Å². The topological polar surface area (TPSA) is 20.3 Å². The molecule has 1 saturated heterocycles. The zero-order chi connectivity index (χ0) is 13.3. The SMILES string of the molecule is CC1CN(C(=O)c2cc(Cl)ccc2Br)CCC1Br. The van der Waals surface area contributed by atoms with Gasteiger partial charge in [0, 0.05) is 27.4 Å². The number of rotatable bonds is 1. The maximum absolute atomic E-state index is 12.4. The van der Waals surface area contributed by atoms with Gasteiger partial charge in [0.1, 0.15) is 0 Å². The van der Waals surface area contributed by atoms with E-state index in [1.807, 2.05) is 11.0 Å². The van der Waals surface area contributed by atoms with E-state index in [-0.39, 0.29) is 5.91 Å². The molecule has 98 valence electrons. The number of alkyl halides is 1. The summed E-state index contributed by atoms with van der Waals surface area (Å²) in [7, 11) is 0. The first-order valence-electron chi connectivity index (χ1n) is 5.87. The van der Waals surface area contributed by atoms with Gasteiger partial charge in [-0.25, -0.2) is 0 Å². The fourth-order valence-corrected chi connectivity index (χ4v) is 3.09. The van der Waals surface area contributed by atoms with Crippen molar-refractivity contribution in [3.8, 4) is 0 Å². The summed E-state index contributed by atoms with van der Waals surface area (Å²) in [6.07, 6.45) is 0.991. The van der Waals surface area contributed by atoms with Crippen molar-refractivity contribution in [2.24, 2.45) is 5.92 Å². The molecule has 1 amide bonds. The molecule has 0 radical (unpaired) electrons. The minimum atomic E-state index is 0.0515. The molecule has 0 N–H and O–H groups in total. The Kier molecular flexibility index (Phi) is 4.73. The van der Waals surface area contributed by atoms with Gasteiger partial charge in [-0.2, -0.15) is 0 Å². The Labute approximate surface area is 129 Å². The van der Waals surface area contributed by atoms with Gasteiger partial charge in [0.05, 0.1) is 5.56 Å². The van der Waals surface area contributed by atoms with Gasteiger partial charge in [0.15, 0.2) is 0 Å². The van der Waals surface area contributed by atoms with Crippen LogP contribution in [0.1, 0.15) is 23.7 Å². The number of hydrogen-bond donors (Lipinski definition) is 0. The summed E-state index contributed by atoms with van der Waals surface area (Å²) in [6.45, 7) is 3.73. The maximum Gasteiger partial charge on any atom is 0.255 e. The molecule has 2 rings (SSSR count). The van der Waals surface area contributed by atoms with Gasteiger partial charge in [-0.05, 0) is 46.5 Å². The minimum Gasteiger partial charge on any atom is -0.338 e. The highest BCUT2D eigenvalue weighted by Crippen LogP contribution is 2.27. The third-order valence-electron chi connectivity index (χ3n) is 3.25. The Hall–Kier alpha value is -0.0600. The smallest absolute Gasteiger partial charge is 0.255 e. The number of likely N-dealkylation sites (tertiary alicyclic amines) is 1. The molecule has 18 heavy (non-hydrogen) atoms. The van der Waals surface area contributed by atoms with E-state index in [1.54, 1.807) is 12.1 Å². The normalized spacial score (nSPS) is 24.1. The van der Waals surface area contributed by atoms with Crippen LogP contribution in [0.2, 0.25) is 5.02 Å². The largest absolute Gasteiger partial charge is 0.338 e. The number of carbonyl (C=O) groups excluding carboxylic acids is 1. The lowest BCUT2D eigenvalue weighted by Gasteiger charge is -2.34. The summed E-state index contributed by atoms with van der Waals surface area (Å²) in [6, 6.07) is 5.31. The average molecular weight is 396 g/mol. The number of hydrogen-bond acceptors (Lipinski definition) is 1. The third-order valence-corrected chi connectivity index (χ3v) is 5.53. The maximum atomic E-state index is 12.4. The molecule has 0 saturated carbocycles. The van der Waals surface area contributed by atoms with Gasteiger partial charge in [0.25, 0.3) is 5.91 Å². The molecule has 5 heteroatoms. The number of piperidine rings is 1. The lowest BCUT2D eigenvalue weighted by molar-refractivity contribution is 0.0689. The molecule has 2 unspecified atom stereocenters. The average Bonchev–Trinajstić information content (AvgIpc) is 2.35. The molecule has 0 bridgehead atoms. The summed E-state index contributed by atoms with van der Waals surface area (Å²) in [5.41, 5.74) is 0.641. The molecule has 2 nitrogen and oxygen atoms in total. The van der Waals surface area contributed by atoms with Gasteiger partial charge >= 0.3 is 0 Å². The Morgan fingerprint density at radius 2 is 2.22 bits per heavy atom. The van der Waals surface area contributed by atoms with Crippen molar-refractivity contribution in [3.05, 3.63) is 33.3 Å². The van der Waals surface area contributed by atoms with Crippen LogP contribution in [0.4, 0.5) is 0 Å². The molecule has 1 aliphatic rings. The van der Waals surface area contributed by atoms with Crippen LogP contribution < -0.4 is 0 Å². The molecule has 0 spiro atoms. The number of benzene rings is 1. The van der Waals surface area contributed by atoms with Crippen LogP contribution in [0.15, 0.2) is 22.7 Å². The van der Waals surface area contributed by atoms with Gasteiger partial charge in [-0.15, -0.1) is 0 Å². The van der Waals surface area contributed by atoms with Crippen molar-refractivity contribution in [3.63, 3.8) is 0 Å². The predicted octanol–water partition coefficient (Wildman–Crippen LogP) is 4.35. The minimum absolute atomic E-state index is 0.0515. The zero-order valence-electron chi connectivity index (χ0n) is 10.00. The lowest BCUT2D eigenvalue weighted by Crippen LogP contribution is -2.43. The zero-order valence-corrected chi connectivity index (χ0v) is 13.9. The summed E-state index contributed by atoms with van der Waals surface area (Å²) in [5, 5.41) is 0.588. The molecule has 1 fully saturated rings. The summed E-state index contributed by atoms with van der Waals surface area (Å²) in [4.78, 5) is 14.9. The van der Waals surface area contributed by atoms with Gasteiger partial charge < -0.3 is 4.90 Å². The van der Waals surface area contributed by atoms with Crippen molar-refractivity contribution in [2.45, 2.75) is 18.2 Å². The highest BCUT2D eigenvalue weighted by atomic mass is 79.9. The van der Waals surface area contributed by atoms with Gasteiger partial charge in [-0.3, -0.25) is 4.79 Å². The number of carbonyl (C=O) groups is 1. The van der Waals surface area contributed by atoms with Crippen molar-refractivity contribution >= 4 is 49.4 Å². The quantitative estimate of drug-likeness (QED) is 0.648. The van der Waals surface area contributed by atoms with Crippen LogP contribution in [0, 0.1) is 5.92 Å². The molecule has 1 aromatic rings. The first kappa shape index (κ1) is 14.4. The second kappa shape index (κ2) is 5.93. The third kappa shape index (κ3) is 3.09. The molecular weight excluding hydrogens is 381 g/mol. The van der Waals surface area contributed by atoms with E-state index in [1.165, 1.54) is 0 Å². The summed E-state index contributed by atoms with van der Waals surface area (Å²) in [5.74, 6) is 0.524. The van der Waals surface area contributed by atoms with Crippen molar-refractivity contribution in [2.75, 3.05) is 13.1 Å². The van der Waals surface area contributed by atoms with Crippen molar-refractivity contribution in [1.82, 2.24) is 4.90 Å². The molecule has 1 aromatic carbocycles. The molecular formula is C13H14Br2ClNO. The fraction of sp³-hybridized carbons (Fsp3) is 0.462. The molecule has 1 aliphatic heterocycles. The van der Waals surface area contributed by atoms with E-state index in [2.05, 4.69) is 38.8 Å². The van der Waals surface area contributed by atoms with Crippen LogP contribution in [-0.2, 0) is 0 Å². The molecule has 1 heterocycles. The number of amides is 1. The van der Waals surface area contributed by atoms with E-state index in [9.17, 15) is 4.79 Å². The van der Waals surface area contributed by atoms with Crippen molar-refractivity contribution in [1.29, 1.82) is 0 Å². The van der Waals surface area contributed by atoms with Crippen LogP contribution in [-0.4, -0.2) is 28.7 Å². The Balaban J connectivity index is 2.19. The van der Waals surface area contributed by atoms with E-state index in [0.717, 1.165) is 24.0 Å². The van der Waals surface area contributed by atoms with E-state index < -0.39 is 0 Å².